The molecule has 7 nitrogen and oxygen atoms in total. The fraction of sp³-hybridized carbons (Fsp3) is 0.417. The number of halogens is 3. The zero-order valence-electron chi connectivity index (χ0n) is 25.8. The van der Waals surface area contributed by atoms with Gasteiger partial charge in [0.25, 0.3) is 11.5 Å². The Morgan fingerprint density at radius 3 is 2.53 bits per heavy atom. The molecule has 246 valence electrons. The van der Waals surface area contributed by atoms with Crippen LogP contribution in [0.3, 0.4) is 0 Å². The van der Waals surface area contributed by atoms with Crippen LogP contribution in [-0.2, 0) is 23.2 Å². The first-order valence-corrected chi connectivity index (χ1v) is 17.1. The zero-order chi connectivity index (χ0) is 32.8. The molecule has 0 saturated heterocycles. The summed E-state index contributed by atoms with van der Waals surface area (Å²) in [6.07, 6.45) is 3.02. The number of aromatic amines is 1. The van der Waals surface area contributed by atoms with Crippen LogP contribution in [-0.4, -0.2) is 38.8 Å². The second kappa shape index (κ2) is 12.6. The van der Waals surface area contributed by atoms with Gasteiger partial charge in [-0.25, -0.2) is 4.98 Å². The lowest BCUT2D eigenvalue weighted by Gasteiger charge is -2.24. The van der Waals surface area contributed by atoms with Crippen molar-refractivity contribution < 1.29 is 27.8 Å². The van der Waals surface area contributed by atoms with E-state index in [4.69, 9.17) is 4.98 Å². The third-order valence-electron chi connectivity index (χ3n) is 9.81. The number of rotatable bonds is 7. The molecule has 11 heteroatoms. The smallest absolute Gasteiger partial charge is 0.406 e. The number of amides is 1. The van der Waals surface area contributed by atoms with Crippen LogP contribution in [0.15, 0.2) is 64.8 Å². The van der Waals surface area contributed by atoms with Crippen molar-refractivity contribution >= 4 is 17.2 Å². The minimum absolute atomic E-state index is 0.0299. The van der Waals surface area contributed by atoms with Crippen molar-refractivity contribution in [3.05, 3.63) is 103 Å². The van der Waals surface area contributed by atoms with Crippen LogP contribution in [0.1, 0.15) is 96.5 Å². The Bertz CT molecular complexity index is 1840. The maximum Gasteiger partial charge on any atom is 0.573 e. The normalized spacial score (nSPS) is 18.7. The summed E-state index contributed by atoms with van der Waals surface area (Å²) < 4.78 is 42.3. The molecule has 4 aromatic rings. The van der Waals surface area contributed by atoms with Gasteiger partial charge >= 0.3 is 6.36 Å². The van der Waals surface area contributed by atoms with Crippen LogP contribution in [0, 0.1) is 0 Å². The van der Waals surface area contributed by atoms with Crippen LogP contribution in [0.4, 0.5) is 13.2 Å². The van der Waals surface area contributed by atoms with Crippen LogP contribution in [0.25, 0.3) is 11.1 Å². The Balaban J connectivity index is 1.08. The molecule has 3 aliphatic rings. The Morgan fingerprint density at radius 1 is 1.04 bits per heavy atom. The van der Waals surface area contributed by atoms with Gasteiger partial charge in [0.1, 0.15) is 11.6 Å². The third-order valence-corrected chi connectivity index (χ3v) is 11.0. The number of aromatic nitrogens is 2. The number of alkyl halides is 3. The predicted molar refractivity (Wildman–Crippen MR) is 172 cm³/mol. The van der Waals surface area contributed by atoms with E-state index in [1.165, 1.54) is 65.6 Å². The van der Waals surface area contributed by atoms with Crippen molar-refractivity contribution in [2.24, 2.45) is 0 Å². The van der Waals surface area contributed by atoms with Crippen LogP contribution in [0.2, 0.25) is 0 Å². The Hall–Kier alpha value is -3.96. The molecule has 1 atom stereocenters. The van der Waals surface area contributed by atoms with Crippen LogP contribution in [0.5, 0.6) is 5.75 Å². The fourth-order valence-electron chi connectivity index (χ4n) is 7.09. The van der Waals surface area contributed by atoms with Gasteiger partial charge in [0.2, 0.25) is 0 Å². The zero-order valence-corrected chi connectivity index (χ0v) is 26.6. The molecule has 0 unspecified atom stereocenters. The molecule has 1 aliphatic heterocycles. The van der Waals surface area contributed by atoms with E-state index >= 15 is 0 Å². The summed E-state index contributed by atoms with van der Waals surface area (Å²) in [7, 11) is 0. The topological polar surface area (TPSA) is 95.5 Å². The minimum Gasteiger partial charge on any atom is -0.406 e. The van der Waals surface area contributed by atoms with Gasteiger partial charge < -0.3 is 19.7 Å². The summed E-state index contributed by atoms with van der Waals surface area (Å²) >= 11 is 1.77. The van der Waals surface area contributed by atoms with Crippen molar-refractivity contribution in [1.29, 1.82) is 0 Å². The summed E-state index contributed by atoms with van der Waals surface area (Å²) in [5.41, 5.74) is 3.29. The number of H-pyrrole nitrogens is 1. The maximum atomic E-state index is 13.6. The molecule has 2 aliphatic carbocycles. The number of carbonyl (C=O) groups excluding carboxylic acids is 1. The van der Waals surface area contributed by atoms with Crippen LogP contribution < -0.4 is 10.3 Å². The average Bonchev–Trinajstić information content (AvgIpc) is 3.78. The van der Waals surface area contributed by atoms with Gasteiger partial charge in [-0.1, -0.05) is 49.6 Å². The second-order valence-electron chi connectivity index (χ2n) is 13.0. The molecule has 47 heavy (non-hydrogen) atoms. The molecular weight excluding hydrogens is 627 g/mol. The first-order chi connectivity index (χ1) is 22.6. The second-order valence-corrected chi connectivity index (χ2v) is 13.9. The fourth-order valence-corrected chi connectivity index (χ4v) is 8.34. The number of hydrogen-bond donors (Lipinski definition) is 2. The standard InChI is InChI=1S/C36H36F3N3O4S/c37-36(38,39)46-27-12-5-10-24(18-27)23-9-4-11-25(17-23)31(43)33(45)42-16-6-13-29-28(20-42)32(44)41-34(40-29)35(14-15-35)30-19-26(21-47-30)22-7-2-1-3-8-22/h4-5,9-12,17-19,21-22,31,43H,1-3,6-8,13-16,20H2,(H,40,41,44)/t31-/m1/s1. The van der Waals surface area contributed by atoms with E-state index < -0.39 is 18.4 Å². The molecule has 2 saturated carbocycles. The highest BCUT2D eigenvalue weighted by Gasteiger charge is 2.50. The van der Waals surface area contributed by atoms with Gasteiger partial charge in [0.05, 0.1) is 23.2 Å². The highest BCUT2D eigenvalue weighted by atomic mass is 32.1. The number of aliphatic hydroxyl groups is 1. The van der Waals surface area contributed by atoms with E-state index in [1.54, 1.807) is 41.7 Å². The third kappa shape index (κ3) is 6.60. The van der Waals surface area contributed by atoms with E-state index in [1.807, 2.05) is 0 Å². The number of ether oxygens (including phenoxy) is 1. The lowest BCUT2D eigenvalue weighted by atomic mass is 9.85. The van der Waals surface area contributed by atoms with E-state index in [9.17, 15) is 27.9 Å². The van der Waals surface area contributed by atoms with E-state index in [0.717, 1.165) is 12.8 Å². The Kier molecular flexibility index (Phi) is 8.46. The van der Waals surface area contributed by atoms with Gasteiger partial charge in [-0.2, -0.15) is 0 Å². The van der Waals surface area contributed by atoms with Crippen molar-refractivity contribution in [1.82, 2.24) is 14.9 Å². The molecule has 2 N–H and O–H groups in total. The van der Waals surface area contributed by atoms with Crippen molar-refractivity contribution in [3.63, 3.8) is 0 Å². The number of benzene rings is 2. The molecule has 2 fully saturated rings. The monoisotopic (exact) mass is 663 g/mol. The highest BCUT2D eigenvalue weighted by molar-refractivity contribution is 7.10. The van der Waals surface area contributed by atoms with Gasteiger partial charge in [-0.3, -0.25) is 9.59 Å². The quantitative estimate of drug-likeness (QED) is 0.213. The lowest BCUT2D eigenvalue weighted by molar-refractivity contribution is -0.274. The number of nitrogens with one attached hydrogen (secondary N) is 1. The molecule has 2 aromatic heterocycles. The summed E-state index contributed by atoms with van der Waals surface area (Å²) in [5, 5.41) is 13.4. The number of thiophene rings is 1. The average molecular weight is 664 g/mol. The lowest BCUT2D eigenvalue weighted by Crippen LogP contribution is -2.36. The number of carbonyl (C=O) groups is 1. The summed E-state index contributed by atoms with van der Waals surface area (Å²) in [6.45, 7) is 0.376. The van der Waals surface area contributed by atoms with Crippen molar-refractivity contribution in [2.75, 3.05) is 6.54 Å². The number of hydrogen-bond acceptors (Lipinski definition) is 6. The molecule has 0 bridgehead atoms. The molecule has 0 radical (unpaired) electrons. The van der Waals surface area contributed by atoms with Gasteiger partial charge in [0.15, 0.2) is 6.10 Å². The van der Waals surface area contributed by atoms with Crippen molar-refractivity contribution in [2.45, 2.75) is 88.1 Å². The van der Waals surface area contributed by atoms with E-state index in [-0.39, 0.29) is 23.3 Å². The SMILES string of the molecule is O=C([C@H](O)c1cccc(-c2cccc(OC(F)(F)F)c2)c1)N1CCCc2nc(C3(c4cc(C5CCCCC5)cs4)CC3)[nH]c(=O)c2C1. The van der Waals surface area contributed by atoms with E-state index in [2.05, 4.69) is 21.2 Å². The van der Waals surface area contributed by atoms with Crippen molar-refractivity contribution in [3.8, 4) is 16.9 Å². The van der Waals surface area contributed by atoms with Gasteiger partial charge in [0, 0.05) is 11.4 Å². The number of nitrogens with zero attached hydrogens (tertiary/aromatic N) is 2. The Labute approximate surface area is 274 Å². The number of fused-ring (bicyclic) bond motifs is 1. The van der Waals surface area contributed by atoms with Crippen LogP contribution >= 0.6 is 11.3 Å². The highest BCUT2D eigenvalue weighted by Crippen LogP contribution is 2.54. The summed E-state index contributed by atoms with van der Waals surface area (Å²) in [4.78, 5) is 38.0. The predicted octanol–water partition coefficient (Wildman–Crippen LogP) is 7.53. The molecule has 7 rings (SSSR count). The molecule has 2 aromatic carbocycles. The molecule has 0 spiro atoms. The largest absolute Gasteiger partial charge is 0.573 e. The minimum atomic E-state index is -4.82. The maximum absolute atomic E-state index is 13.6. The summed E-state index contributed by atoms with van der Waals surface area (Å²) in [6, 6.07) is 14.3. The number of aryl methyl sites for hydroxylation is 1. The molecule has 3 heterocycles. The Morgan fingerprint density at radius 2 is 1.79 bits per heavy atom. The first kappa shape index (κ1) is 31.6. The van der Waals surface area contributed by atoms with E-state index in [0.29, 0.717) is 59.1 Å². The molecule has 1 amide bonds. The van der Waals surface area contributed by atoms with Gasteiger partial charge in [-0.05, 0) is 96.3 Å². The summed E-state index contributed by atoms with van der Waals surface area (Å²) in [5.74, 6) is 0.406. The van der Waals surface area contributed by atoms with Gasteiger partial charge in [-0.15, -0.1) is 24.5 Å². The number of aliphatic hydroxyl groups excluding tert-OH is 1. The molecular formula is C36H36F3N3O4S. The first-order valence-electron chi connectivity index (χ1n) is 16.2.